The molecule has 1 N–H and O–H groups in total. The maximum Gasteiger partial charge on any atom is 0.214 e. The van der Waals surface area contributed by atoms with Crippen LogP contribution in [0.1, 0.15) is 9.88 Å². The van der Waals surface area contributed by atoms with Gasteiger partial charge in [-0.05, 0) is 19.1 Å². The van der Waals surface area contributed by atoms with E-state index in [-0.39, 0.29) is 0 Å². The van der Waals surface area contributed by atoms with E-state index in [1.807, 2.05) is 36.7 Å². The number of imidazole rings is 1. The maximum absolute atomic E-state index is 5.92. The third kappa shape index (κ3) is 3.08. The van der Waals surface area contributed by atoms with Gasteiger partial charge in [-0.15, -0.1) is 16.4 Å². The predicted octanol–water partition coefficient (Wildman–Crippen LogP) is 4.49. The topological polar surface area (TPSA) is 55.1 Å². The molecule has 5 nitrogen and oxygen atoms in total. The zero-order chi connectivity index (χ0) is 15.8. The van der Waals surface area contributed by atoms with Crippen LogP contribution in [0.4, 0.5) is 5.13 Å². The molecule has 0 fully saturated rings. The highest BCUT2D eigenvalue weighted by Crippen LogP contribution is 2.25. The largest absolute Gasteiger partial charge is 0.354 e. The standard InChI is InChI=1S/C15H12ClN5S2/c1-9-6-17-13(22-9)7-18-14-20-21-8-12(19-15(21)23-14)10-2-4-11(16)5-3-10/h2-6,8H,7H2,1H3,(H,18,20). The molecule has 0 spiro atoms. The zero-order valence-electron chi connectivity index (χ0n) is 12.2. The van der Waals surface area contributed by atoms with Gasteiger partial charge in [-0.25, -0.2) is 14.5 Å². The summed E-state index contributed by atoms with van der Waals surface area (Å²) >= 11 is 9.13. The molecule has 116 valence electrons. The number of aryl methyl sites for hydroxylation is 1. The van der Waals surface area contributed by atoms with Gasteiger partial charge in [0.2, 0.25) is 10.1 Å². The summed E-state index contributed by atoms with van der Waals surface area (Å²) in [6.45, 7) is 2.73. The van der Waals surface area contributed by atoms with E-state index >= 15 is 0 Å². The number of hydrogen-bond donors (Lipinski definition) is 1. The van der Waals surface area contributed by atoms with Crippen molar-refractivity contribution in [1.82, 2.24) is 19.6 Å². The minimum atomic E-state index is 0.680. The zero-order valence-corrected chi connectivity index (χ0v) is 14.5. The molecule has 0 aliphatic rings. The molecular weight excluding hydrogens is 350 g/mol. The Morgan fingerprint density at radius 2 is 2.04 bits per heavy atom. The number of hydrogen-bond acceptors (Lipinski definition) is 6. The maximum atomic E-state index is 5.92. The van der Waals surface area contributed by atoms with Gasteiger partial charge >= 0.3 is 0 Å². The second kappa shape index (κ2) is 5.92. The highest BCUT2D eigenvalue weighted by atomic mass is 35.5. The van der Waals surface area contributed by atoms with Crippen LogP contribution < -0.4 is 5.32 Å². The van der Waals surface area contributed by atoms with Crippen LogP contribution in [0.2, 0.25) is 5.02 Å². The Morgan fingerprint density at radius 1 is 1.22 bits per heavy atom. The molecule has 0 saturated carbocycles. The summed E-state index contributed by atoms with van der Waals surface area (Å²) in [5.41, 5.74) is 1.92. The van der Waals surface area contributed by atoms with E-state index < -0.39 is 0 Å². The molecule has 3 heterocycles. The van der Waals surface area contributed by atoms with Crippen LogP contribution in [-0.4, -0.2) is 19.6 Å². The minimum Gasteiger partial charge on any atom is -0.354 e. The van der Waals surface area contributed by atoms with Gasteiger partial charge in [-0.3, -0.25) is 0 Å². The monoisotopic (exact) mass is 361 g/mol. The fraction of sp³-hybridized carbons (Fsp3) is 0.133. The van der Waals surface area contributed by atoms with Gasteiger partial charge in [0.25, 0.3) is 0 Å². The predicted molar refractivity (Wildman–Crippen MR) is 95.5 cm³/mol. The fourth-order valence-electron chi connectivity index (χ4n) is 2.17. The number of rotatable bonds is 4. The lowest BCUT2D eigenvalue weighted by Crippen LogP contribution is -1.98. The summed E-state index contributed by atoms with van der Waals surface area (Å²) in [6.07, 6.45) is 3.81. The third-order valence-corrected chi connectivity index (χ3v) is 5.29. The summed E-state index contributed by atoms with van der Waals surface area (Å²) in [4.78, 5) is 11.0. The van der Waals surface area contributed by atoms with E-state index in [0.717, 1.165) is 31.4 Å². The summed E-state index contributed by atoms with van der Waals surface area (Å²) < 4.78 is 1.80. The number of aromatic nitrogens is 4. The Morgan fingerprint density at radius 3 is 2.74 bits per heavy atom. The summed E-state index contributed by atoms with van der Waals surface area (Å²) in [6, 6.07) is 7.64. The first-order valence-corrected chi connectivity index (χ1v) is 8.96. The molecule has 8 heteroatoms. The quantitative estimate of drug-likeness (QED) is 0.582. The first-order valence-electron chi connectivity index (χ1n) is 6.95. The molecule has 0 bridgehead atoms. The number of nitrogens with zero attached hydrogens (tertiary/aromatic N) is 4. The molecule has 0 saturated heterocycles. The van der Waals surface area contributed by atoms with Gasteiger partial charge < -0.3 is 5.32 Å². The average molecular weight is 362 g/mol. The minimum absolute atomic E-state index is 0.680. The van der Waals surface area contributed by atoms with Crippen molar-refractivity contribution in [3.05, 3.63) is 51.6 Å². The van der Waals surface area contributed by atoms with E-state index in [0.29, 0.717) is 6.54 Å². The van der Waals surface area contributed by atoms with Crippen LogP contribution in [0.5, 0.6) is 0 Å². The van der Waals surface area contributed by atoms with Gasteiger partial charge in [-0.2, -0.15) is 0 Å². The van der Waals surface area contributed by atoms with Gasteiger partial charge in [-0.1, -0.05) is 35.1 Å². The number of fused-ring (bicyclic) bond motifs is 1. The van der Waals surface area contributed by atoms with E-state index in [4.69, 9.17) is 11.6 Å². The van der Waals surface area contributed by atoms with E-state index in [9.17, 15) is 0 Å². The molecule has 0 radical (unpaired) electrons. The second-order valence-corrected chi connectivity index (χ2v) is 7.70. The van der Waals surface area contributed by atoms with Crippen LogP contribution in [0.25, 0.3) is 16.2 Å². The first-order chi connectivity index (χ1) is 11.2. The number of halogens is 1. The van der Waals surface area contributed by atoms with Gasteiger partial charge in [0.1, 0.15) is 5.01 Å². The number of benzene rings is 1. The van der Waals surface area contributed by atoms with Gasteiger partial charge in [0.05, 0.1) is 18.4 Å². The van der Waals surface area contributed by atoms with Crippen molar-refractivity contribution in [1.29, 1.82) is 0 Å². The molecule has 0 amide bonds. The normalized spacial score (nSPS) is 11.2. The van der Waals surface area contributed by atoms with Crippen LogP contribution in [0, 0.1) is 6.92 Å². The van der Waals surface area contributed by atoms with Crippen LogP contribution in [-0.2, 0) is 6.54 Å². The van der Waals surface area contributed by atoms with E-state index in [1.54, 1.807) is 15.9 Å². The second-order valence-electron chi connectivity index (χ2n) is 4.99. The van der Waals surface area contributed by atoms with Gasteiger partial charge in [0, 0.05) is 21.7 Å². The molecule has 4 aromatic rings. The van der Waals surface area contributed by atoms with Crippen LogP contribution in [0.15, 0.2) is 36.7 Å². The van der Waals surface area contributed by atoms with Crippen molar-refractivity contribution < 1.29 is 0 Å². The molecule has 3 aromatic heterocycles. The summed E-state index contributed by atoms with van der Waals surface area (Å²) in [7, 11) is 0. The number of anilines is 1. The van der Waals surface area contributed by atoms with E-state index in [1.165, 1.54) is 16.2 Å². The van der Waals surface area contributed by atoms with Crippen molar-refractivity contribution in [3.63, 3.8) is 0 Å². The lowest BCUT2D eigenvalue weighted by atomic mass is 10.2. The fourth-order valence-corrected chi connectivity index (χ4v) is 3.80. The Kier molecular flexibility index (Phi) is 3.76. The number of nitrogens with one attached hydrogen (secondary N) is 1. The van der Waals surface area contributed by atoms with Crippen molar-refractivity contribution in [2.45, 2.75) is 13.5 Å². The first kappa shape index (κ1) is 14.6. The summed E-state index contributed by atoms with van der Waals surface area (Å²) in [5.74, 6) is 0. The Bertz CT molecular complexity index is 922. The van der Waals surface area contributed by atoms with Crippen molar-refractivity contribution in [3.8, 4) is 11.3 Å². The molecule has 1 aromatic carbocycles. The molecular formula is C15H12ClN5S2. The molecule has 23 heavy (non-hydrogen) atoms. The van der Waals surface area contributed by atoms with Crippen LogP contribution >= 0.6 is 34.3 Å². The third-order valence-electron chi connectivity index (χ3n) is 3.24. The Labute approximate surface area is 145 Å². The van der Waals surface area contributed by atoms with Crippen molar-refractivity contribution in [2.24, 2.45) is 0 Å². The number of thiazole rings is 1. The van der Waals surface area contributed by atoms with Crippen molar-refractivity contribution in [2.75, 3.05) is 5.32 Å². The van der Waals surface area contributed by atoms with Gasteiger partial charge in [0.15, 0.2) is 0 Å². The molecule has 0 aliphatic heterocycles. The molecule has 4 rings (SSSR count). The van der Waals surface area contributed by atoms with Crippen LogP contribution in [0.3, 0.4) is 0 Å². The summed E-state index contributed by atoms with van der Waals surface area (Å²) in [5, 5.41) is 10.4. The lowest BCUT2D eigenvalue weighted by Gasteiger charge is -1.97. The van der Waals surface area contributed by atoms with Crippen molar-refractivity contribution >= 4 is 44.4 Å². The average Bonchev–Trinajstić information content (AvgIpc) is 3.20. The Balaban J connectivity index is 1.53. The molecule has 0 aliphatic carbocycles. The Hall–Kier alpha value is -1.96. The van der Waals surface area contributed by atoms with E-state index in [2.05, 4.69) is 27.3 Å². The highest BCUT2D eigenvalue weighted by molar-refractivity contribution is 7.20. The smallest absolute Gasteiger partial charge is 0.214 e. The SMILES string of the molecule is Cc1cnc(CNc2nn3cc(-c4ccc(Cl)cc4)nc3s2)s1. The lowest BCUT2D eigenvalue weighted by molar-refractivity contribution is 0.960. The highest BCUT2D eigenvalue weighted by Gasteiger charge is 2.10. The molecule has 0 atom stereocenters. The molecule has 0 unspecified atom stereocenters.